The minimum Gasteiger partial charge on any atom is -0.406 e. The Morgan fingerprint density at radius 1 is 1.13 bits per heavy atom. The average Bonchev–Trinajstić information content (AvgIpc) is 2.69. The first-order chi connectivity index (χ1) is 14.3. The average molecular weight is 422 g/mol. The van der Waals surface area contributed by atoms with Crippen molar-refractivity contribution in [1.29, 1.82) is 0 Å². The van der Waals surface area contributed by atoms with Gasteiger partial charge in [-0.25, -0.2) is 4.98 Å². The molecule has 10 heteroatoms. The van der Waals surface area contributed by atoms with Crippen molar-refractivity contribution in [1.82, 2.24) is 9.88 Å². The SMILES string of the molecule is O=C(CN1CCC[C@H](C(=O)Nc2ccccn2)C1)Nc1ccc(OC(F)(F)F)cc1. The third-order valence-electron chi connectivity index (χ3n) is 4.53. The van der Waals surface area contributed by atoms with E-state index in [2.05, 4.69) is 20.4 Å². The third-order valence-corrected chi connectivity index (χ3v) is 4.53. The van der Waals surface area contributed by atoms with Gasteiger partial charge in [-0.15, -0.1) is 13.2 Å². The van der Waals surface area contributed by atoms with Crippen molar-refractivity contribution >= 4 is 23.3 Å². The maximum Gasteiger partial charge on any atom is 0.573 e. The van der Waals surface area contributed by atoms with Gasteiger partial charge in [0.2, 0.25) is 11.8 Å². The number of hydrogen-bond acceptors (Lipinski definition) is 5. The summed E-state index contributed by atoms with van der Waals surface area (Å²) in [7, 11) is 0. The number of rotatable bonds is 6. The molecule has 7 nitrogen and oxygen atoms in total. The highest BCUT2D eigenvalue weighted by Crippen LogP contribution is 2.24. The lowest BCUT2D eigenvalue weighted by molar-refractivity contribution is -0.274. The molecule has 2 amide bonds. The van der Waals surface area contributed by atoms with E-state index in [0.29, 0.717) is 24.6 Å². The summed E-state index contributed by atoms with van der Waals surface area (Å²) in [6.07, 6.45) is -1.68. The van der Waals surface area contributed by atoms with Gasteiger partial charge in [0, 0.05) is 18.4 Å². The molecule has 3 rings (SSSR count). The first-order valence-electron chi connectivity index (χ1n) is 9.38. The Hall–Kier alpha value is -3.14. The molecule has 1 saturated heterocycles. The topological polar surface area (TPSA) is 83.6 Å². The lowest BCUT2D eigenvalue weighted by Gasteiger charge is -2.31. The summed E-state index contributed by atoms with van der Waals surface area (Å²) in [5, 5.41) is 5.41. The van der Waals surface area contributed by atoms with Gasteiger partial charge in [0.15, 0.2) is 0 Å². The van der Waals surface area contributed by atoms with Gasteiger partial charge >= 0.3 is 6.36 Å². The summed E-state index contributed by atoms with van der Waals surface area (Å²) in [5.41, 5.74) is 0.357. The van der Waals surface area contributed by atoms with Crippen LogP contribution in [0.4, 0.5) is 24.7 Å². The molecular weight excluding hydrogens is 401 g/mol. The lowest BCUT2D eigenvalue weighted by atomic mass is 9.97. The molecule has 160 valence electrons. The van der Waals surface area contributed by atoms with E-state index in [-0.39, 0.29) is 30.0 Å². The molecule has 1 aliphatic heterocycles. The number of nitrogens with zero attached hydrogens (tertiary/aromatic N) is 2. The number of halogens is 3. The van der Waals surface area contributed by atoms with Gasteiger partial charge in [-0.1, -0.05) is 6.07 Å². The van der Waals surface area contributed by atoms with Crippen molar-refractivity contribution in [2.24, 2.45) is 5.92 Å². The second-order valence-electron chi connectivity index (χ2n) is 6.90. The quantitative estimate of drug-likeness (QED) is 0.747. The molecule has 1 atom stereocenters. The number of nitrogens with one attached hydrogen (secondary N) is 2. The van der Waals surface area contributed by atoms with Crippen molar-refractivity contribution in [3.05, 3.63) is 48.7 Å². The highest BCUT2D eigenvalue weighted by Gasteiger charge is 2.31. The smallest absolute Gasteiger partial charge is 0.406 e. The number of amides is 2. The van der Waals surface area contributed by atoms with Crippen LogP contribution in [-0.4, -0.2) is 47.7 Å². The summed E-state index contributed by atoms with van der Waals surface area (Å²) in [6, 6.07) is 10.2. The lowest BCUT2D eigenvalue weighted by Crippen LogP contribution is -2.44. The van der Waals surface area contributed by atoms with Crippen LogP contribution in [0.1, 0.15) is 12.8 Å². The van der Waals surface area contributed by atoms with E-state index < -0.39 is 6.36 Å². The zero-order valence-corrected chi connectivity index (χ0v) is 16.0. The molecule has 1 aliphatic rings. The summed E-state index contributed by atoms with van der Waals surface area (Å²) in [4.78, 5) is 30.7. The molecule has 0 unspecified atom stereocenters. The minimum atomic E-state index is -4.77. The van der Waals surface area contributed by atoms with Gasteiger partial charge in [-0.3, -0.25) is 14.5 Å². The second-order valence-corrected chi connectivity index (χ2v) is 6.90. The van der Waals surface area contributed by atoms with Crippen LogP contribution in [0.15, 0.2) is 48.7 Å². The van der Waals surface area contributed by atoms with Crippen molar-refractivity contribution in [3.8, 4) is 5.75 Å². The van der Waals surface area contributed by atoms with E-state index >= 15 is 0 Å². The number of likely N-dealkylation sites (tertiary alicyclic amines) is 1. The Bertz CT molecular complexity index is 860. The first kappa shape index (κ1) is 21.6. The number of anilines is 2. The number of carbonyl (C=O) groups excluding carboxylic acids is 2. The Morgan fingerprint density at radius 3 is 2.57 bits per heavy atom. The van der Waals surface area contributed by atoms with E-state index in [4.69, 9.17) is 0 Å². The van der Waals surface area contributed by atoms with Crippen LogP contribution in [0, 0.1) is 5.92 Å². The molecule has 1 aromatic carbocycles. The van der Waals surface area contributed by atoms with Crippen molar-refractivity contribution in [3.63, 3.8) is 0 Å². The maximum absolute atomic E-state index is 12.5. The number of aromatic nitrogens is 1. The Morgan fingerprint density at radius 2 is 1.90 bits per heavy atom. The predicted octanol–water partition coefficient (Wildman–Crippen LogP) is 3.27. The number of alkyl halides is 3. The number of hydrogen-bond donors (Lipinski definition) is 2. The molecule has 30 heavy (non-hydrogen) atoms. The number of carbonyl (C=O) groups is 2. The van der Waals surface area contributed by atoms with Gasteiger partial charge in [-0.2, -0.15) is 0 Å². The molecule has 0 spiro atoms. The highest BCUT2D eigenvalue weighted by molar-refractivity contribution is 5.93. The van der Waals surface area contributed by atoms with E-state index in [1.54, 1.807) is 24.4 Å². The van der Waals surface area contributed by atoms with Gasteiger partial charge < -0.3 is 15.4 Å². The molecule has 0 aliphatic carbocycles. The fourth-order valence-electron chi connectivity index (χ4n) is 3.22. The number of ether oxygens (including phenoxy) is 1. The summed E-state index contributed by atoms with van der Waals surface area (Å²) in [6.45, 7) is 1.19. The van der Waals surface area contributed by atoms with Crippen LogP contribution in [0.5, 0.6) is 5.75 Å². The van der Waals surface area contributed by atoms with Gasteiger partial charge in [0.05, 0.1) is 12.5 Å². The minimum absolute atomic E-state index is 0.0775. The molecule has 2 heterocycles. The van der Waals surface area contributed by atoms with Crippen LogP contribution in [-0.2, 0) is 9.59 Å². The van der Waals surface area contributed by atoms with E-state index in [9.17, 15) is 22.8 Å². The summed E-state index contributed by atoms with van der Waals surface area (Å²) < 4.78 is 40.4. The van der Waals surface area contributed by atoms with E-state index in [1.807, 2.05) is 4.90 Å². The zero-order valence-electron chi connectivity index (χ0n) is 16.0. The molecular formula is C20H21F3N4O3. The summed E-state index contributed by atoms with van der Waals surface area (Å²) in [5.74, 6) is -0.592. The van der Waals surface area contributed by atoms with Crippen LogP contribution >= 0.6 is 0 Å². The molecule has 1 fully saturated rings. The Labute approximate surface area is 171 Å². The normalized spacial score (nSPS) is 17.2. The fourth-order valence-corrected chi connectivity index (χ4v) is 3.22. The van der Waals surface area contributed by atoms with Crippen LogP contribution in [0.3, 0.4) is 0 Å². The van der Waals surface area contributed by atoms with Crippen LogP contribution in [0.2, 0.25) is 0 Å². The molecule has 2 N–H and O–H groups in total. The van der Waals surface area contributed by atoms with E-state index in [0.717, 1.165) is 25.0 Å². The van der Waals surface area contributed by atoms with Gasteiger partial charge in [0.1, 0.15) is 11.6 Å². The third kappa shape index (κ3) is 6.73. The van der Waals surface area contributed by atoms with Crippen LogP contribution in [0.25, 0.3) is 0 Å². The highest BCUT2D eigenvalue weighted by atomic mass is 19.4. The fraction of sp³-hybridized carbons (Fsp3) is 0.350. The van der Waals surface area contributed by atoms with Crippen molar-refractivity contribution in [2.45, 2.75) is 19.2 Å². The van der Waals surface area contributed by atoms with E-state index in [1.165, 1.54) is 12.1 Å². The maximum atomic E-state index is 12.5. The molecule has 0 bridgehead atoms. The second kappa shape index (κ2) is 9.57. The molecule has 1 aromatic heterocycles. The number of benzene rings is 1. The number of pyridine rings is 1. The van der Waals surface area contributed by atoms with Crippen LogP contribution < -0.4 is 15.4 Å². The Kier molecular flexibility index (Phi) is 6.88. The monoisotopic (exact) mass is 422 g/mol. The van der Waals surface area contributed by atoms with Crippen molar-refractivity contribution in [2.75, 3.05) is 30.3 Å². The standard InChI is InChI=1S/C20H21F3N4O3/c21-20(22,23)30-16-8-6-15(7-9-16)25-18(28)13-27-11-3-4-14(12-27)19(29)26-17-5-1-2-10-24-17/h1-2,5-10,14H,3-4,11-13H2,(H,25,28)(H,24,26,29)/t14-/m0/s1. The van der Waals surface area contributed by atoms with Gasteiger partial charge in [0.25, 0.3) is 0 Å². The summed E-state index contributed by atoms with van der Waals surface area (Å²) >= 11 is 0. The molecule has 0 radical (unpaired) electrons. The predicted molar refractivity (Wildman–Crippen MR) is 104 cm³/mol. The first-order valence-corrected chi connectivity index (χ1v) is 9.38. The molecule has 2 aromatic rings. The molecule has 0 saturated carbocycles. The Balaban J connectivity index is 1.48. The zero-order chi connectivity index (χ0) is 21.6. The number of piperidine rings is 1. The van der Waals surface area contributed by atoms with Crippen molar-refractivity contribution < 1.29 is 27.5 Å². The van der Waals surface area contributed by atoms with Gasteiger partial charge in [-0.05, 0) is 55.8 Å². The largest absolute Gasteiger partial charge is 0.573 e.